The number of rotatable bonds is 9. The molecule has 0 aliphatic rings. The molecule has 0 unspecified atom stereocenters. The van der Waals surface area contributed by atoms with E-state index < -0.39 is 0 Å². The van der Waals surface area contributed by atoms with Crippen molar-refractivity contribution in [2.45, 2.75) is 20.3 Å². The maximum atomic E-state index is 11.3. The molecule has 112 valence electrons. The lowest BCUT2D eigenvalue weighted by atomic mass is 10.1. The summed E-state index contributed by atoms with van der Waals surface area (Å²) in [6, 6.07) is 5.84. The lowest BCUT2D eigenvalue weighted by Crippen LogP contribution is -2.28. The highest BCUT2D eigenvalue weighted by molar-refractivity contribution is 5.77. The molecule has 0 fully saturated rings. The lowest BCUT2D eigenvalue weighted by molar-refractivity contribution is -0.124. The Morgan fingerprint density at radius 3 is 2.50 bits per heavy atom. The third-order valence-electron chi connectivity index (χ3n) is 2.62. The van der Waals surface area contributed by atoms with Crippen LogP contribution in [-0.4, -0.2) is 39.4 Å². The number of benzene rings is 1. The average Bonchev–Trinajstić information content (AvgIpc) is 2.42. The van der Waals surface area contributed by atoms with Crippen molar-refractivity contribution in [2.75, 3.05) is 33.5 Å². The maximum Gasteiger partial charge on any atom is 0.245 e. The van der Waals surface area contributed by atoms with E-state index in [9.17, 15) is 4.79 Å². The van der Waals surface area contributed by atoms with Gasteiger partial charge >= 0.3 is 0 Å². The number of ether oxygens (including phenoxy) is 3. The Bertz CT molecular complexity index is 420. The van der Waals surface area contributed by atoms with Gasteiger partial charge in [0.15, 0.2) is 11.5 Å². The lowest BCUT2D eigenvalue weighted by Gasteiger charge is -2.12. The number of nitrogens with one attached hydrogen (secondary N) is 1. The van der Waals surface area contributed by atoms with E-state index in [1.165, 1.54) is 7.11 Å². The molecule has 0 aliphatic heterocycles. The minimum atomic E-state index is -0.108. The summed E-state index contributed by atoms with van der Waals surface area (Å²) >= 11 is 0. The molecule has 5 nitrogen and oxygen atoms in total. The minimum Gasteiger partial charge on any atom is -0.490 e. The summed E-state index contributed by atoms with van der Waals surface area (Å²) in [5, 5.41) is 2.79. The number of carbonyl (C=O) groups is 1. The molecule has 0 spiro atoms. The minimum absolute atomic E-state index is 0.0907. The Labute approximate surface area is 120 Å². The van der Waals surface area contributed by atoms with E-state index in [1.54, 1.807) is 0 Å². The molecule has 0 atom stereocenters. The first-order valence-electron chi connectivity index (χ1n) is 6.85. The third-order valence-corrected chi connectivity index (χ3v) is 2.62. The van der Waals surface area contributed by atoms with Crippen LogP contribution in [0.15, 0.2) is 18.2 Å². The van der Waals surface area contributed by atoms with Crippen molar-refractivity contribution in [1.29, 1.82) is 0 Å². The van der Waals surface area contributed by atoms with Crippen LogP contribution in [0.25, 0.3) is 0 Å². The van der Waals surface area contributed by atoms with Crippen molar-refractivity contribution in [3.8, 4) is 11.5 Å². The molecule has 1 aromatic carbocycles. The number of carbonyl (C=O) groups excluding carboxylic acids is 1. The summed E-state index contributed by atoms with van der Waals surface area (Å²) in [7, 11) is 1.50. The van der Waals surface area contributed by atoms with Gasteiger partial charge in [-0.3, -0.25) is 4.79 Å². The van der Waals surface area contributed by atoms with Gasteiger partial charge in [-0.1, -0.05) is 6.07 Å². The molecule has 1 N–H and O–H groups in total. The van der Waals surface area contributed by atoms with Crippen molar-refractivity contribution in [2.24, 2.45) is 0 Å². The van der Waals surface area contributed by atoms with Crippen LogP contribution in [0, 0.1) is 0 Å². The fraction of sp³-hybridized carbons (Fsp3) is 0.533. The molecular weight excluding hydrogens is 258 g/mol. The predicted octanol–water partition coefficient (Wildman–Crippen LogP) is 1.79. The molecule has 20 heavy (non-hydrogen) atoms. The molecule has 5 heteroatoms. The first-order chi connectivity index (χ1) is 9.71. The van der Waals surface area contributed by atoms with Crippen LogP contribution in [0.2, 0.25) is 0 Å². The highest BCUT2D eigenvalue weighted by atomic mass is 16.5. The second-order valence-corrected chi connectivity index (χ2v) is 4.18. The molecular formula is C15H23NO4. The van der Waals surface area contributed by atoms with Crippen LogP contribution in [-0.2, 0) is 16.0 Å². The van der Waals surface area contributed by atoms with E-state index in [0.717, 1.165) is 23.5 Å². The molecule has 0 saturated carbocycles. The molecule has 0 aromatic heterocycles. The second kappa shape index (κ2) is 9.20. The van der Waals surface area contributed by atoms with Crippen molar-refractivity contribution >= 4 is 5.91 Å². The Morgan fingerprint density at radius 2 is 1.85 bits per heavy atom. The van der Waals surface area contributed by atoms with Crippen LogP contribution in [0.4, 0.5) is 0 Å². The number of amides is 1. The number of hydrogen-bond donors (Lipinski definition) is 1. The topological polar surface area (TPSA) is 56.8 Å². The van der Waals surface area contributed by atoms with E-state index in [2.05, 4.69) is 5.32 Å². The summed E-state index contributed by atoms with van der Waals surface area (Å²) < 4.78 is 15.8. The zero-order valence-electron chi connectivity index (χ0n) is 12.4. The zero-order valence-corrected chi connectivity index (χ0v) is 12.4. The first kappa shape index (κ1) is 16.3. The van der Waals surface area contributed by atoms with E-state index in [-0.39, 0.29) is 12.5 Å². The van der Waals surface area contributed by atoms with Crippen LogP contribution in [0.3, 0.4) is 0 Å². The van der Waals surface area contributed by atoms with E-state index in [0.29, 0.717) is 19.8 Å². The second-order valence-electron chi connectivity index (χ2n) is 4.18. The summed E-state index contributed by atoms with van der Waals surface area (Å²) in [5.74, 6) is 1.39. The summed E-state index contributed by atoms with van der Waals surface area (Å²) in [5.41, 5.74) is 1.09. The van der Waals surface area contributed by atoms with Gasteiger partial charge in [0.1, 0.15) is 6.61 Å². The van der Waals surface area contributed by atoms with Gasteiger partial charge in [0.25, 0.3) is 0 Å². The van der Waals surface area contributed by atoms with Crippen molar-refractivity contribution in [3.05, 3.63) is 23.8 Å². The summed E-state index contributed by atoms with van der Waals surface area (Å²) in [6.07, 6.45) is 0.738. The Morgan fingerprint density at radius 1 is 1.15 bits per heavy atom. The van der Waals surface area contributed by atoms with Crippen molar-refractivity contribution in [3.63, 3.8) is 0 Å². The van der Waals surface area contributed by atoms with Gasteiger partial charge in [0.2, 0.25) is 5.91 Å². The monoisotopic (exact) mass is 281 g/mol. The molecule has 0 bridgehead atoms. The van der Waals surface area contributed by atoms with Gasteiger partial charge in [-0.25, -0.2) is 0 Å². The van der Waals surface area contributed by atoms with E-state index >= 15 is 0 Å². The Hall–Kier alpha value is -1.75. The highest BCUT2D eigenvalue weighted by Crippen LogP contribution is 2.28. The van der Waals surface area contributed by atoms with Crippen LogP contribution >= 0.6 is 0 Å². The fourth-order valence-electron chi connectivity index (χ4n) is 1.78. The first-order valence-corrected chi connectivity index (χ1v) is 6.85. The molecule has 1 aromatic rings. The van der Waals surface area contributed by atoms with Crippen LogP contribution in [0.1, 0.15) is 19.4 Å². The Kier molecular flexibility index (Phi) is 7.50. The van der Waals surface area contributed by atoms with Crippen molar-refractivity contribution < 1.29 is 19.0 Å². The molecule has 0 aliphatic carbocycles. The standard InChI is InChI=1S/C15H23NO4/c1-4-19-13-7-6-12(10-14(13)20-5-2)8-9-16-15(17)11-18-3/h6-7,10H,4-5,8-9,11H2,1-3H3,(H,16,17). The van der Waals surface area contributed by atoms with Crippen molar-refractivity contribution in [1.82, 2.24) is 5.32 Å². The molecule has 0 heterocycles. The zero-order chi connectivity index (χ0) is 14.8. The SMILES string of the molecule is CCOc1ccc(CCNC(=O)COC)cc1OCC. The van der Waals surface area contributed by atoms with E-state index in [1.807, 2.05) is 32.0 Å². The van der Waals surface area contributed by atoms with E-state index in [4.69, 9.17) is 14.2 Å². The number of hydrogen-bond acceptors (Lipinski definition) is 4. The van der Waals surface area contributed by atoms with Gasteiger partial charge in [0, 0.05) is 13.7 Å². The largest absolute Gasteiger partial charge is 0.490 e. The van der Waals surface area contributed by atoms with Gasteiger partial charge in [0.05, 0.1) is 13.2 Å². The third kappa shape index (κ3) is 5.48. The van der Waals surface area contributed by atoms with Gasteiger partial charge in [-0.05, 0) is 38.0 Å². The van der Waals surface area contributed by atoms with Gasteiger partial charge in [-0.2, -0.15) is 0 Å². The molecule has 1 amide bonds. The highest BCUT2D eigenvalue weighted by Gasteiger charge is 2.06. The summed E-state index contributed by atoms with van der Waals surface area (Å²) in [4.78, 5) is 11.3. The maximum absolute atomic E-state index is 11.3. The summed E-state index contributed by atoms with van der Waals surface area (Å²) in [6.45, 7) is 5.73. The molecule has 1 rings (SSSR count). The molecule has 0 radical (unpaired) electrons. The predicted molar refractivity (Wildman–Crippen MR) is 77.4 cm³/mol. The quantitative estimate of drug-likeness (QED) is 0.750. The average molecular weight is 281 g/mol. The number of methoxy groups -OCH3 is 1. The fourth-order valence-corrected chi connectivity index (χ4v) is 1.78. The van der Waals surface area contributed by atoms with Crippen LogP contribution < -0.4 is 14.8 Å². The Balaban J connectivity index is 2.57. The molecule has 0 saturated heterocycles. The van der Waals surface area contributed by atoms with Gasteiger partial charge in [-0.15, -0.1) is 0 Å². The van der Waals surface area contributed by atoms with Gasteiger partial charge < -0.3 is 19.5 Å². The van der Waals surface area contributed by atoms with Crippen LogP contribution in [0.5, 0.6) is 11.5 Å². The smallest absolute Gasteiger partial charge is 0.245 e. The normalized spacial score (nSPS) is 10.2.